The van der Waals surface area contributed by atoms with Gasteiger partial charge in [-0.2, -0.15) is 0 Å². The maximum absolute atomic E-state index is 12.0. The van der Waals surface area contributed by atoms with E-state index in [9.17, 15) is 4.79 Å². The molecule has 0 radical (unpaired) electrons. The number of nitrogens with one attached hydrogen (secondary N) is 1. The molecule has 0 saturated carbocycles. The van der Waals surface area contributed by atoms with Gasteiger partial charge in [0.1, 0.15) is 0 Å². The lowest BCUT2D eigenvalue weighted by Crippen LogP contribution is -2.26. The van der Waals surface area contributed by atoms with E-state index in [0.717, 1.165) is 18.4 Å². The average Bonchev–Trinajstić information content (AvgIpc) is 2.37. The van der Waals surface area contributed by atoms with Crippen molar-refractivity contribution in [3.63, 3.8) is 0 Å². The number of aryl methyl sites for hydroxylation is 1. The number of hydrogen-bond acceptors (Lipinski definition) is 1. The second-order valence-electron chi connectivity index (χ2n) is 4.77. The standard InChI is InChI=1S/C15H18ClNO/c1-11-7-8-13(14(16)9-11)15(18)17-10-12-5-3-2-4-6-12/h5,7-9H,2-4,6,10H2,1H3,(H,17,18). The minimum atomic E-state index is -0.0912. The second kappa shape index (κ2) is 6.05. The Bertz CT molecular complexity index is 479. The highest BCUT2D eigenvalue weighted by Gasteiger charge is 2.11. The highest BCUT2D eigenvalue weighted by Crippen LogP contribution is 2.19. The minimum Gasteiger partial charge on any atom is -0.348 e. The first kappa shape index (κ1) is 13.2. The fourth-order valence-corrected chi connectivity index (χ4v) is 2.48. The van der Waals surface area contributed by atoms with Gasteiger partial charge in [0.25, 0.3) is 5.91 Å². The fourth-order valence-electron chi connectivity index (χ4n) is 2.16. The number of rotatable bonds is 3. The number of benzene rings is 1. The third-order valence-corrected chi connectivity index (χ3v) is 3.54. The summed E-state index contributed by atoms with van der Waals surface area (Å²) < 4.78 is 0. The van der Waals surface area contributed by atoms with Crippen molar-refractivity contribution in [3.05, 3.63) is 46.0 Å². The van der Waals surface area contributed by atoms with Crippen LogP contribution in [0.3, 0.4) is 0 Å². The number of hydrogen-bond donors (Lipinski definition) is 1. The molecule has 0 aromatic heterocycles. The van der Waals surface area contributed by atoms with Crippen LogP contribution in [-0.4, -0.2) is 12.5 Å². The van der Waals surface area contributed by atoms with E-state index in [-0.39, 0.29) is 5.91 Å². The molecule has 0 saturated heterocycles. The van der Waals surface area contributed by atoms with Gasteiger partial charge in [-0.3, -0.25) is 4.79 Å². The molecule has 0 atom stereocenters. The third-order valence-electron chi connectivity index (χ3n) is 3.23. The summed E-state index contributed by atoms with van der Waals surface area (Å²) in [6.45, 7) is 2.60. The maximum Gasteiger partial charge on any atom is 0.253 e. The van der Waals surface area contributed by atoms with Crippen molar-refractivity contribution in [1.29, 1.82) is 0 Å². The van der Waals surface area contributed by atoms with Crippen LogP contribution >= 0.6 is 11.6 Å². The molecular weight excluding hydrogens is 246 g/mol. The molecular formula is C15H18ClNO. The number of amides is 1. The molecule has 2 nitrogen and oxygen atoms in total. The highest BCUT2D eigenvalue weighted by atomic mass is 35.5. The molecule has 0 fully saturated rings. The van der Waals surface area contributed by atoms with E-state index in [2.05, 4.69) is 11.4 Å². The van der Waals surface area contributed by atoms with Gasteiger partial charge < -0.3 is 5.32 Å². The first-order valence-corrected chi connectivity index (χ1v) is 6.77. The van der Waals surface area contributed by atoms with Crippen LogP contribution in [0, 0.1) is 6.92 Å². The van der Waals surface area contributed by atoms with E-state index < -0.39 is 0 Å². The molecule has 0 spiro atoms. The topological polar surface area (TPSA) is 29.1 Å². The molecule has 18 heavy (non-hydrogen) atoms. The number of carbonyl (C=O) groups is 1. The number of carbonyl (C=O) groups excluding carboxylic acids is 1. The molecule has 0 unspecified atom stereocenters. The van der Waals surface area contributed by atoms with E-state index in [1.807, 2.05) is 19.1 Å². The Morgan fingerprint density at radius 3 is 2.89 bits per heavy atom. The van der Waals surface area contributed by atoms with Crippen molar-refractivity contribution in [2.24, 2.45) is 0 Å². The van der Waals surface area contributed by atoms with Crippen molar-refractivity contribution in [3.8, 4) is 0 Å². The van der Waals surface area contributed by atoms with Crippen molar-refractivity contribution >= 4 is 17.5 Å². The summed E-state index contributed by atoms with van der Waals surface area (Å²) in [6.07, 6.45) is 6.97. The van der Waals surface area contributed by atoms with Crippen LogP contribution in [0.2, 0.25) is 5.02 Å². The smallest absolute Gasteiger partial charge is 0.253 e. The molecule has 1 amide bonds. The molecule has 0 heterocycles. The molecule has 1 aliphatic rings. The van der Waals surface area contributed by atoms with Gasteiger partial charge >= 0.3 is 0 Å². The molecule has 0 bridgehead atoms. The van der Waals surface area contributed by atoms with Crippen molar-refractivity contribution in [1.82, 2.24) is 5.32 Å². The van der Waals surface area contributed by atoms with Crippen LogP contribution in [-0.2, 0) is 0 Å². The molecule has 1 aromatic rings. The van der Waals surface area contributed by atoms with Crippen LogP contribution in [0.1, 0.15) is 41.6 Å². The Kier molecular flexibility index (Phi) is 4.43. The van der Waals surface area contributed by atoms with Crippen LogP contribution in [0.5, 0.6) is 0 Å². The SMILES string of the molecule is Cc1ccc(C(=O)NCC2=CCCCC2)c(Cl)c1. The first-order valence-electron chi connectivity index (χ1n) is 6.39. The Balaban J connectivity index is 1.97. The summed E-state index contributed by atoms with van der Waals surface area (Å²) in [5.74, 6) is -0.0912. The molecule has 3 heteroatoms. The van der Waals surface area contributed by atoms with Crippen molar-refractivity contribution < 1.29 is 4.79 Å². The summed E-state index contributed by atoms with van der Waals surface area (Å²) in [4.78, 5) is 12.0. The van der Waals surface area contributed by atoms with E-state index in [1.54, 1.807) is 6.07 Å². The maximum atomic E-state index is 12.0. The molecule has 96 valence electrons. The van der Waals surface area contributed by atoms with Gasteiger partial charge in [0.15, 0.2) is 0 Å². The zero-order valence-electron chi connectivity index (χ0n) is 10.6. The Morgan fingerprint density at radius 2 is 2.22 bits per heavy atom. The van der Waals surface area contributed by atoms with Crippen LogP contribution in [0.15, 0.2) is 29.8 Å². The van der Waals surface area contributed by atoms with E-state index >= 15 is 0 Å². The van der Waals surface area contributed by atoms with Gasteiger partial charge in [-0.05, 0) is 50.3 Å². The summed E-state index contributed by atoms with van der Waals surface area (Å²) in [6, 6.07) is 5.50. The van der Waals surface area contributed by atoms with Crippen LogP contribution < -0.4 is 5.32 Å². The fraction of sp³-hybridized carbons (Fsp3) is 0.400. The van der Waals surface area contributed by atoms with Gasteiger partial charge in [-0.15, -0.1) is 0 Å². The lowest BCUT2D eigenvalue weighted by molar-refractivity contribution is 0.0956. The third kappa shape index (κ3) is 3.36. The second-order valence-corrected chi connectivity index (χ2v) is 5.18. The Hall–Kier alpha value is -1.28. The van der Waals surface area contributed by atoms with Gasteiger partial charge in [-0.1, -0.05) is 29.3 Å². The van der Waals surface area contributed by atoms with E-state index in [4.69, 9.17) is 11.6 Å². The Morgan fingerprint density at radius 1 is 1.39 bits per heavy atom. The van der Waals surface area contributed by atoms with Gasteiger partial charge in [0.05, 0.1) is 10.6 Å². The van der Waals surface area contributed by atoms with Gasteiger partial charge in [0, 0.05) is 6.54 Å². The van der Waals surface area contributed by atoms with E-state index in [1.165, 1.54) is 18.4 Å². The van der Waals surface area contributed by atoms with Crippen molar-refractivity contribution in [2.45, 2.75) is 32.6 Å². The lowest BCUT2D eigenvalue weighted by atomic mass is 9.99. The summed E-state index contributed by atoms with van der Waals surface area (Å²) in [5, 5.41) is 3.46. The molecule has 0 aliphatic heterocycles. The summed E-state index contributed by atoms with van der Waals surface area (Å²) in [7, 11) is 0. The molecule has 1 N–H and O–H groups in total. The van der Waals surface area contributed by atoms with Crippen molar-refractivity contribution in [2.75, 3.05) is 6.54 Å². The zero-order valence-corrected chi connectivity index (χ0v) is 11.4. The predicted molar refractivity (Wildman–Crippen MR) is 75.1 cm³/mol. The average molecular weight is 264 g/mol. The molecule has 2 rings (SSSR count). The molecule has 1 aliphatic carbocycles. The normalized spacial score (nSPS) is 15.1. The molecule has 1 aromatic carbocycles. The monoisotopic (exact) mass is 263 g/mol. The first-order chi connectivity index (χ1) is 8.66. The highest BCUT2D eigenvalue weighted by molar-refractivity contribution is 6.33. The zero-order chi connectivity index (χ0) is 13.0. The largest absolute Gasteiger partial charge is 0.348 e. The number of allylic oxidation sites excluding steroid dienone is 1. The van der Waals surface area contributed by atoms with E-state index in [0.29, 0.717) is 17.1 Å². The van der Waals surface area contributed by atoms with Gasteiger partial charge in [-0.25, -0.2) is 0 Å². The van der Waals surface area contributed by atoms with Gasteiger partial charge in [0.2, 0.25) is 0 Å². The predicted octanol–water partition coefficient (Wildman–Crippen LogP) is 3.88. The summed E-state index contributed by atoms with van der Waals surface area (Å²) >= 11 is 6.07. The lowest BCUT2D eigenvalue weighted by Gasteiger charge is -2.13. The minimum absolute atomic E-state index is 0.0912. The van der Waals surface area contributed by atoms with Crippen LogP contribution in [0.4, 0.5) is 0 Å². The number of halogens is 1. The van der Waals surface area contributed by atoms with Crippen LogP contribution in [0.25, 0.3) is 0 Å². The summed E-state index contributed by atoms with van der Waals surface area (Å²) in [5.41, 5.74) is 2.95. The Labute approximate surface area is 113 Å². The quantitative estimate of drug-likeness (QED) is 0.824.